The van der Waals surface area contributed by atoms with Crippen LogP contribution in [0.3, 0.4) is 0 Å². The van der Waals surface area contributed by atoms with Gasteiger partial charge in [-0.1, -0.05) is 72.5 Å². The van der Waals surface area contributed by atoms with Gasteiger partial charge in [-0.2, -0.15) is 0 Å². The number of aliphatic hydroxyl groups is 2. The molecule has 2 N–H and O–H groups in total. The van der Waals surface area contributed by atoms with Crippen LogP contribution in [0.15, 0.2) is 60.7 Å². The number of hydrogen-bond acceptors (Lipinski definition) is 2. The summed E-state index contributed by atoms with van der Waals surface area (Å²) in [5, 5.41) is 19.7. The summed E-state index contributed by atoms with van der Waals surface area (Å²) < 4.78 is 0. The Bertz CT molecular complexity index is 515. The number of rotatable bonds is 4. The predicted octanol–water partition coefficient (Wildman–Crippen LogP) is 2.20. The van der Waals surface area contributed by atoms with E-state index in [9.17, 15) is 10.2 Å². The summed E-state index contributed by atoms with van der Waals surface area (Å²) in [5.74, 6) is 5.41. The van der Waals surface area contributed by atoms with Crippen LogP contribution < -0.4 is 0 Å². The Balaban J connectivity index is 1.86. The van der Waals surface area contributed by atoms with Gasteiger partial charge in [-0.3, -0.25) is 0 Å². The molecule has 102 valence electrons. The molecular weight excluding hydrogens is 248 g/mol. The quantitative estimate of drug-likeness (QED) is 0.833. The van der Waals surface area contributed by atoms with Gasteiger partial charge in [0, 0.05) is 12.8 Å². The summed E-state index contributed by atoms with van der Waals surface area (Å²) in [5.41, 5.74) is 2.07. The van der Waals surface area contributed by atoms with E-state index in [4.69, 9.17) is 0 Å². The Hall–Kier alpha value is -2.08. The third-order valence-corrected chi connectivity index (χ3v) is 2.96. The Morgan fingerprint density at radius 1 is 0.650 bits per heavy atom. The zero-order valence-electron chi connectivity index (χ0n) is 11.2. The topological polar surface area (TPSA) is 40.5 Å². The van der Waals surface area contributed by atoms with Crippen molar-refractivity contribution in [3.8, 4) is 11.8 Å². The SMILES string of the molecule is O[C@@H](C#C[C@H](O)Cc1ccccc1)Cc1ccccc1. The van der Waals surface area contributed by atoms with Crippen molar-refractivity contribution in [3.05, 3.63) is 71.8 Å². The maximum atomic E-state index is 9.83. The van der Waals surface area contributed by atoms with E-state index in [2.05, 4.69) is 11.8 Å². The molecule has 2 rings (SSSR count). The van der Waals surface area contributed by atoms with Gasteiger partial charge in [-0.05, 0) is 11.1 Å². The standard InChI is InChI=1S/C18H18O2/c19-17(13-15-7-3-1-4-8-15)11-12-18(20)14-16-9-5-2-6-10-16/h1-10,17-20H,13-14H2/t17-,18-/m0/s1. The first-order valence-electron chi connectivity index (χ1n) is 6.69. The summed E-state index contributed by atoms with van der Waals surface area (Å²) >= 11 is 0. The highest BCUT2D eigenvalue weighted by Gasteiger charge is 2.03. The normalized spacial score (nSPS) is 13.1. The molecule has 0 bridgehead atoms. The molecule has 2 atom stereocenters. The van der Waals surface area contributed by atoms with E-state index in [-0.39, 0.29) is 0 Å². The summed E-state index contributed by atoms with van der Waals surface area (Å²) in [7, 11) is 0. The van der Waals surface area contributed by atoms with Gasteiger partial charge in [0.05, 0.1) is 0 Å². The molecule has 0 saturated carbocycles. The van der Waals surface area contributed by atoms with Crippen molar-refractivity contribution in [1.82, 2.24) is 0 Å². The molecule has 0 aliphatic carbocycles. The van der Waals surface area contributed by atoms with E-state index in [0.29, 0.717) is 12.8 Å². The average Bonchev–Trinajstić information content (AvgIpc) is 2.47. The second-order valence-corrected chi connectivity index (χ2v) is 4.70. The van der Waals surface area contributed by atoms with Gasteiger partial charge in [0.15, 0.2) is 0 Å². The minimum absolute atomic E-state index is 0.478. The third kappa shape index (κ3) is 4.89. The molecule has 0 aliphatic rings. The van der Waals surface area contributed by atoms with E-state index in [1.54, 1.807) is 0 Å². The molecule has 20 heavy (non-hydrogen) atoms. The van der Waals surface area contributed by atoms with Crippen LogP contribution in [0.2, 0.25) is 0 Å². The molecule has 2 heteroatoms. The highest BCUT2D eigenvalue weighted by molar-refractivity contribution is 5.21. The second kappa shape index (κ2) is 7.49. The van der Waals surface area contributed by atoms with Gasteiger partial charge >= 0.3 is 0 Å². The van der Waals surface area contributed by atoms with Gasteiger partial charge in [-0.15, -0.1) is 0 Å². The minimum atomic E-state index is -0.747. The van der Waals surface area contributed by atoms with Gasteiger partial charge in [0.2, 0.25) is 0 Å². The lowest BCUT2D eigenvalue weighted by molar-refractivity contribution is 0.222. The van der Waals surface area contributed by atoms with Crippen LogP contribution in [-0.2, 0) is 12.8 Å². The molecular formula is C18H18O2. The van der Waals surface area contributed by atoms with Gasteiger partial charge in [0.1, 0.15) is 12.2 Å². The molecule has 0 saturated heterocycles. The van der Waals surface area contributed by atoms with Crippen LogP contribution in [0, 0.1) is 11.8 Å². The first-order chi connectivity index (χ1) is 9.74. The Kier molecular flexibility index (Phi) is 5.37. The zero-order chi connectivity index (χ0) is 14.2. The van der Waals surface area contributed by atoms with E-state index >= 15 is 0 Å². The minimum Gasteiger partial charge on any atom is -0.380 e. The highest BCUT2D eigenvalue weighted by atomic mass is 16.3. The van der Waals surface area contributed by atoms with Crippen LogP contribution in [0.4, 0.5) is 0 Å². The maximum Gasteiger partial charge on any atom is 0.118 e. The Morgan fingerprint density at radius 3 is 1.35 bits per heavy atom. The van der Waals surface area contributed by atoms with Crippen molar-refractivity contribution in [2.24, 2.45) is 0 Å². The van der Waals surface area contributed by atoms with Gasteiger partial charge < -0.3 is 10.2 Å². The Morgan fingerprint density at radius 2 is 1.00 bits per heavy atom. The first kappa shape index (κ1) is 14.3. The summed E-state index contributed by atoms with van der Waals surface area (Å²) in [6.07, 6.45) is -0.539. The lowest BCUT2D eigenvalue weighted by Gasteiger charge is -2.05. The fraction of sp³-hybridized carbons (Fsp3) is 0.222. The van der Waals surface area contributed by atoms with E-state index in [1.807, 2.05) is 60.7 Å². The molecule has 2 nitrogen and oxygen atoms in total. The zero-order valence-corrected chi connectivity index (χ0v) is 11.2. The van der Waals surface area contributed by atoms with Crippen LogP contribution in [-0.4, -0.2) is 22.4 Å². The van der Waals surface area contributed by atoms with Crippen molar-refractivity contribution in [2.75, 3.05) is 0 Å². The molecule has 0 amide bonds. The summed E-state index contributed by atoms with van der Waals surface area (Å²) in [6, 6.07) is 19.4. The van der Waals surface area contributed by atoms with Crippen LogP contribution in [0.1, 0.15) is 11.1 Å². The molecule has 2 aromatic carbocycles. The second-order valence-electron chi connectivity index (χ2n) is 4.70. The first-order valence-corrected chi connectivity index (χ1v) is 6.69. The predicted molar refractivity (Wildman–Crippen MR) is 80.1 cm³/mol. The summed E-state index contributed by atoms with van der Waals surface area (Å²) in [6.45, 7) is 0. The van der Waals surface area contributed by atoms with Crippen LogP contribution >= 0.6 is 0 Å². The molecule has 0 radical (unpaired) electrons. The number of aliphatic hydroxyl groups excluding tert-OH is 2. The van der Waals surface area contributed by atoms with Crippen molar-refractivity contribution < 1.29 is 10.2 Å². The monoisotopic (exact) mass is 266 g/mol. The van der Waals surface area contributed by atoms with Crippen LogP contribution in [0.5, 0.6) is 0 Å². The average molecular weight is 266 g/mol. The molecule has 2 aromatic rings. The molecule has 0 heterocycles. The molecule has 0 spiro atoms. The smallest absolute Gasteiger partial charge is 0.118 e. The van der Waals surface area contributed by atoms with Crippen LogP contribution in [0.25, 0.3) is 0 Å². The fourth-order valence-electron chi connectivity index (χ4n) is 1.97. The molecule has 0 aromatic heterocycles. The van der Waals surface area contributed by atoms with E-state index in [1.165, 1.54) is 0 Å². The fourth-order valence-corrected chi connectivity index (χ4v) is 1.97. The molecule has 0 fully saturated rings. The van der Waals surface area contributed by atoms with Crippen molar-refractivity contribution in [3.63, 3.8) is 0 Å². The number of benzene rings is 2. The summed E-state index contributed by atoms with van der Waals surface area (Å²) in [4.78, 5) is 0. The highest BCUT2D eigenvalue weighted by Crippen LogP contribution is 2.04. The lowest BCUT2D eigenvalue weighted by Crippen LogP contribution is -2.11. The third-order valence-electron chi connectivity index (χ3n) is 2.96. The van der Waals surface area contributed by atoms with Crippen molar-refractivity contribution in [1.29, 1.82) is 0 Å². The van der Waals surface area contributed by atoms with Gasteiger partial charge in [-0.25, -0.2) is 0 Å². The lowest BCUT2D eigenvalue weighted by atomic mass is 10.1. The number of hydrogen-bond donors (Lipinski definition) is 2. The van der Waals surface area contributed by atoms with Crippen molar-refractivity contribution in [2.45, 2.75) is 25.0 Å². The largest absolute Gasteiger partial charge is 0.380 e. The molecule has 0 aliphatic heterocycles. The van der Waals surface area contributed by atoms with Gasteiger partial charge in [0.25, 0.3) is 0 Å². The van der Waals surface area contributed by atoms with Crippen molar-refractivity contribution >= 4 is 0 Å². The van der Waals surface area contributed by atoms with E-state index in [0.717, 1.165) is 11.1 Å². The van der Waals surface area contributed by atoms with E-state index < -0.39 is 12.2 Å². The molecule has 0 unspecified atom stereocenters. The Labute approximate surface area is 119 Å². The maximum absolute atomic E-state index is 9.83.